The van der Waals surface area contributed by atoms with Gasteiger partial charge in [-0.15, -0.1) is 0 Å². The van der Waals surface area contributed by atoms with E-state index in [4.69, 9.17) is 0 Å². The van der Waals surface area contributed by atoms with E-state index >= 15 is 0 Å². The molecule has 0 saturated carbocycles. The smallest absolute Gasteiger partial charge is 0.0226 e. The van der Waals surface area contributed by atoms with Crippen LogP contribution in [0, 0.1) is 5.92 Å². The summed E-state index contributed by atoms with van der Waals surface area (Å²) < 4.78 is 0. The maximum Gasteiger partial charge on any atom is 0.0226 e. The van der Waals surface area contributed by atoms with Crippen LogP contribution in [0.15, 0.2) is 0 Å². The first-order chi connectivity index (χ1) is 8.06. The molecule has 0 spiro atoms. The Hall–Kier alpha value is -0.120. The third kappa shape index (κ3) is 4.57. The second-order valence-electron chi connectivity index (χ2n) is 5.82. The molecule has 102 valence electrons. The van der Waals surface area contributed by atoms with Crippen LogP contribution in [-0.4, -0.2) is 62.2 Å². The number of hydrogen-bond donors (Lipinski definition) is 1. The number of likely N-dealkylation sites (tertiary alicyclic amines) is 1. The first kappa shape index (κ1) is 14.9. The van der Waals surface area contributed by atoms with Crippen LogP contribution in [0.2, 0.25) is 0 Å². The molecule has 0 aromatic rings. The van der Waals surface area contributed by atoms with E-state index in [-0.39, 0.29) is 0 Å². The Morgan fingerprint density at radius 1 is 1.35 bits per heavy atom. The lowest BCUT2D eigenvalue weighted by Gasteiger charge is -2.35. The molecule has 1 N–H and O–H groups in total. The average Bonchev–Trinajstić information content (AvgIpc) is 2.71. The van der Waals surface area contributed by atoms with Gasteiger partial charge in [-0.3, -0.25) is 4.90 Å². The van der Waals surface area contributed by atoms with Gasteiger partial charge in [0.2, 0.25) is 0 Å². The molecule has 0 aromatic heterocycles. The quantitative estimate of drug-likeness (QED) is 0.731. The van der Waals surface area contributed by atoms with Gasteiger partial charge in [0.05, 0.1) is 0 Å². The molecule has 1 rings (SSSR count). The summed E-state index contributed by atoms with van der Waals surface area (Å²) in [4.78, 5) is 5.05. The van der Waals surface area contributed by atoms with Crippen molar-refractivity contribution < 1.29 is 0 Å². The van der Waals surface area contributed by atoms with Gasteiger partial charge in [-0.1, -0.05) is 13.8 Å². The van der Waals surface area contributed by atoms with Gasteiger partial charge in [-0.2, -0.15) is 0 Å². The molecule has 3 unspecified atom stereocenters. The van der Waals surface area contributed by atoms with Crippen LogP contribution in [0.25, 0.3) is 0 Å². The van der Waals surface area contributed by atoms with E-state index in [1.54, 1.807) is 0 Å². The summed E-state index contributed by atoms with van der Waals surface area (Å²) in [5.74, 6) is 0.734. The van der Waals surface area contributed by atoms with E-state index in [1.807, 2.05) is 0 Å². The summed E-state index contributed by atoms with van der Waals surface area (Å²) in [6.45, 7) is 11.7. The van der Waals surface area contributed by atoms with Gasteiger partial charge < -0.3 is 10.2 Å². The number of nitrogens with one attached hydrogen (secondary N) is 1. The fourth-order valence-electron chi connectivity index (χ4n) is 2.88. The topological polar surface area (TPSA) is 18.5 Å². The van der Waals surface area contributed by atoms with Crippen LogP contribution in [0.5, 0.6) is 0 Å². The zero-order chi connectivity index (χ0) is 12.8. The van der Waals surface area contributed by atoms with E-state index in [2.05, 4.69) is 50.0 Å². The summed E-state index contributed by atoms with van der Waals surface area (Å²) in [5.41, 5.74) is 0. The van der Waals surface area contributed by atoms with Crippen molar-refractivity contribution in [2.24, 2.45) is 5.92 Å². The van der Waals surface area contributed by atoms with Crippen LogP contribution in [0.3, 0.4) is 0 Å². The van der Waals surface area contributed by atoms with Crippen molar-refractivity contribution in [1.82, 2.24) is 15.1 Å². The predicted octanol–water partition coefficient (Wildman–Crippen LogP) is 1.65. The molecule has 3 atom stereocenters. The standard InChI is InChI=1S/C14H31N3/c1-6-15-10-12(2)13(3)17-9-7-8-14(17)11-16(4)5/h12-15H,6-11H2,1-5H3. The molecule has 0 bridgehead atoms. The molecular formula is C14H31N3. The number of hydrogen-bond acceptors (Lipinski definition) is 3. The lowest BCUT2D eigenvalue weighted by molar-refractivity contribution is 0.126. The third-order valence-corrected chi connectivity index (χ3v) is 4.06. The van der Waals surface area contributed by atoms with Gasteiger partial charge in [0, 0.05) is 18.6 Å². The summed E-state index contributed by atoms with van der Waals surface area (Å²) in [5, 5.41) is 3.47. The lowest BCUT2D eigenvalue weighted by Crippen LogP contribution is -2.47. The molecular weight excluding hydrogens is 210 g/mol. The Morgan fingerprint density at radius 3 is 2.65 bits per heavy atom. The van der Waals surface area contributed by atoms with E-state index in [9.17, 15) is 0 Å². The zero-order valence-corrected chi connectivity index (χ0v) is 12.4. The van der Waals surface area contributed by atoms with Crippen LogP contribution < -0.4 is 5.32 Å². The number of rotatable bonds is 7. The van der Waals surface area contributed by atoms with Gasteiger partial charge in [-0.05, 0) is 59.4 Å². The molecule has 1 heterocycles. The molecule has 1 fully saturated rings. The Bertz CT molecular complexity index is 206. The first-order valence-corrected chi connectivity index (χ1v) is 7.17. The second-order valence-corrected chi connectivity index (χ2v) is 5.82. The Morgan fingerprint density at radius 2 is 2.06 bits per heavy atom. The monoisotopic (exact) mass is 241 g/mol. The highest BCUT2D eigenvalue weighted by molar-refractivity contribution is 4.86. The normalized spacial score (nSPS) is 25.4. The van der Waals surface area contributed by atoms with Crippen LogP contribution in [0.4, 0.5) is 0 Å². The molecule has 0 amide bonds. The molecule has 1 aliphatic rings. The van der Waals surface area contributed by atoms with Crippen molar-refractivity contribution in [3.8, 4) is 0 Å². The molecule has 3 heteroatoms. The van der Waals surface area contributed by atoms with E-state index in [1.165, 1.54) is 25.9 Å². The van der Waals surface area contributed by atoms with Crippen molar-refractivity contribution in [3.05, 3.63) is 0 Å². The fourth-order valence-corrected chi connectivity index (χ4v) is 2.88. The number of nitrogens with zero attached hydrogens (tertiary/aromatic N) is 2. The lowest BCUT2D eigenvalue weighted by atomic mass is 10.0. The third-order valence-electron chi connectivity index (χ3n) is 4.06. The maximum atomic E-state index is 3.47. The van der Waals surface area contributed by atoms with Gasteiger partial charge in [0.15, 0.2) is 0 Å². The Labute approximate surface area is 108 Å². The SMILES string of the molecule is CCNCC(C)C(C)N1CCCC1CN(C)C. The molecule has 0 aliphatic carbocycles. The highest BCUT2D eigenvalue weighted by atomic mass is 15.2. The maximum absolute atomic E-state index is 3.47. The number of likely N-dealkylation sites (N-methyl/N-ethyl adjacent to an activating group) is 1. The zero-order valence-electron chi connectivity index (χ0n) is 12.4. The minimum absolute atomic E-state index is 0.696. The molecule has 17 heavy (non-hydrogen) atoms. The van der Waals surface area contributed by atoms with Gasteiger partial charge in [0.1, 0.15) is 0 Å². The molecule has 3 nitrogen and oxygen atoms in total. The van der Waals surface area contributed by atoms with Gasteiger partial charge in [0.25, 0.3) is 0 Å². The van der Waals surface area contributed by atoms with Crippen molar-refractivity contribution >= 4 is 0 Å². The predicted molar refractivity (Wildman–Crippen MR) is 75.5 cm³/mol. The Kier molecular flexibility index (Phi) is 6.45. The van der Waals surface area contributed by atoms with E-state index in [0.717, 1.165) is 25.0 Å². The molecule has 1 aliphatic heterocycles. The largest absolute Gasteiger partial charge is 0.317 e. The van der Waals surface area contributed by atoms with Crippen LogP contribution >= 0.6 is 0 Å². The average molecular weight is 241 g/mol. The highest BCUT2D eigenvalue weighted by Gasteiger charge is 2.30. The Balaban J connectivity index is 2.45. The van der Waals surface area contributed by atoms with Gasteiger partial charge >= 0.3 is 0 Å². The second kappa shape index (κ2) is 7.34. The fraction of sp³-hybridized carbons (Fsp3) is 1.00. The van der Waals surface area contributed by atoms with Crippen molar-refractivity contribution in [2.75, 3.05) is 40.3 Å². The van der Waals surface area contributed by atoms with Crippen molar-refractivity contribution in [1.29, 1.82) is 0 Å². The van der Waals surface area contributed by atoms with Crippen molar-refractivity contribution in [3.63, 3.8) is 0 Å². The minimum Gasteiger partial charge on any atom is -0.317 e. The minimum atomic E-state index is 0.696. The first-order valence-electron chi connectivity index (χ1n) is 7.17. The summed E-state index contributed by atoms with van der Waals surface area (Å²) in [7, 11) is 4.37. The van der Waals surface area contributed by atoms with Crippen LogP contribution in [-0.2, 0) is 0 Å². The van der Waals surface area contributed by atoms with Gasteiger partial charge in [-0.25, -0.2) is 0 Å². The highest BCUT2D eigenvalue weighted by Crippen LogP contribution is 2.23. The van der Waals surface area contributed by atoms with Crippen LogP contribution in [0.1, 0.15) is 33.6 Å². The summed E-state index contributed by atoms with van der Waals surface area (Å²) in [6, 6.07) is 1.46. The van der Waals surface area contributed by atoms with E-state index in [0.29, 0.717) is 6.04 Å². The summed E-state index contributed by atoms with van der Waals surface area (Å²) >= 11 is 0. The molecule has 0 aromatic carbocycles. The molecule has 0 radical (unpaired) electrons. The van der Waals surface area contributed by atoms with Crippen molar-refractivity contribution in [2.45, 2.75) is 45.7 Å². The molecule has 1 saturated heterocycles. The summed E-state index contributed by atoms with van der Waals surface area (Å²) in [6.07, 6.45) is 2.74. The van der Waals surface area contributed by atoms with E-state index < -0.39 is 0 Å².